The van der Waals surface area contributed by atoms with Crippen molar-refractivity contribution in [2.75, 3.05) is 21.1 Å². The van der Waals surface area contributed by atoms with E-state index in [1.165, 1.54) is 4.90 Å². The van der Waals surface area contributed by atoms with Crippen molar-refractivity contribution >= 4 is 11.9 Å². The topological polar surface area (TPSA) is 51.2 Å². The molecule has 1 N–H and O–H groups in total. The highest BCUT2D eigenvalue weighted by atomic mass is 16.2. The number of urea groups is 1. The summed E-state index contributed by atoms with van der Waals surface area (Å²) in [5, 5.41) is 7.43. The van der Waals surface area contributed by atoms with Crippen molar-refractivity contribution in [1.82, 2.24) is 20.6 Å². The number of hydrogen-bond donors (Lipinski definition) is 1. The third-order valence-corrected chi connectivity index (χ3v) is 3.88. The first-order valence-electron chi connectivity index (χ1n) is 7.78. The molecule has 124 valence electrons. The van der Waals surface area contributed by atoms with Crippen molar-refractivity contribution in [3.05, 3.63) is 60.2 Å². The second kappa shape index (κ2) is 6.72. The number of amides is 2. The van der Waals surface area contributed by atoms with Gasteiger partial charge >= 0.3 is 6.03 Å². The van der Waals surface area contributed by atoms with Crippen LogP contribution >= 0.6 is 0 Å². The average Bonchev–Trinajstić information content (AvgIpc) is 2.95. The zero-order valence-electron chi connectivity index (χ0n) is 14.1. The number of benzene rings is 2. The van der Waals surface area contributed by atoms with E-state index in [2.05, 4.69) is 34.9 Å². The molecule has 1 heterocycles. The van der Waals surface area contributed by atoms with Gasteiger partial charge in [-0.05, 0) is 16.7 Å². The average molecular weight is 323 g/mol. The summed E-state index contributed by atoms with van der Waals surface area (Å²) in [7, 11) is 5.22. The van der Waals surface area contributed by atoms with Crippen LogP contribution in [0.3, 0.4) is 0 Å². The molecule has 1 aliphatic heterocycles. The number of carbonyl (C=O) groups excluding carboxylic acids is 1. The number of amidine groups is 1. The number of carbonyl (C=O) groups is 1. The van der Waals surface area contributed by atoms with Crippen LogP contribution in [0.1, 0.15) is 5.56 Å². The van der Waals surface area contributed by atoms with Crippen LogP contribution in [0.5, 0.6) is 0 Å². The van der Waals surface area contributed by atoms with E-state index in [-0.39, 0.29) is 6.03 Å². The van der Waals surface area contributed by atoms with Crippen LogP contribution in [0, 0.1) is 0 Å². The molecule has 6 heteroatoms. The molecule has 2 aromatic rings. The first kappa shape index (κ1) is 16.0. The van der Waals surface area contributed by atoms with Gasteiger partial charge in [-0.15, -0.1) is 10.2 Å². The van der Waals surface area contributed by atoms with E-state index in [0.29, 0.717) is 12.3 Å². The van der Waals surface area contributed by atoms with Gasteiger partial charge in [0, 0.05) is 27.6 Å². The first-order chi connectivity index (χ1) is 11.6. The van der Waals surface area contributed by atoms with Crippen LogP contribution in [-0.2, 0) is 6.42 Å². The van der Waals surface area contributed by atoms with Gasteiger partial charge in [-0.1, -0.05) is 54.6 Å². The van der Waals surface area contributed by atoms with Gasteiger partial charge in [-0.2, -0.15) is 5.01 Å². The standard InChI is InChI=1S/C18H21N5O/c1-21(2)18(24)23-17(19-20-22(23)3)13-15-11-7-8-12-16(15)14-9-5-4-6-10-14/h4-12,20H,13H2,1-3H3. The maximum atomic E-state index is 12.4. The van der Waals surface area contributed by atoms with E-state index in [1.54, 1.807) is 31.3 Å². The molecule has 1 aliphatic rings. The molecule has 0 saturated heterocycles. The predicted molar refractivity (Wildman–Crippen MR) is 94.8 cm³/mol. The van der Waals surface area contributed by atoms with Crippen LogP contribution in [0.4, 0.5) is 4.79 Å². The van der Waals surface area contributed by atoms with Gasteiger partial charge in [0.2, 0.25) is 0 Å². The van der Waals surface area contributed by atoms with Gasteiger partial charge in [-0.25, -0.2) is 10.3 Å². The van der Waals surface area contributed by atoms with Crippen LogP contribution < -0.4 is 5.53 Å². The molecule has 0 fully saturated rings. The smallest absolute Gasteiger partial charge is 0.329 e. The summed E-state index contributed by atoms with van der Waals surface area (Å²) in [6, 6.07) is 18.3. The van der Waals surface area contributed by atoms with Crippen molar-refractivity contribution < 1.29 is 4.79 Å². The fraction of sp³-hybridized carbons (Fsp3) is 0.222. The van der Waals surface area contributed by atoms with Crippen molar-refractivity contribution in [1.29, 1.82) is 0 Å². The lowest BCUT2D eigenvalue weighted by Crippen LogP contribution is -2.50. The Morgan fingerprint density at radius 1 is 1.08 bits per heavy atom. The molecule has 0 aliphatic carbocycles. The van der Waals surface area contributed by atoms with E-state index in [9.17, 15) is 4.79 Å². The number of nitrogens with zero attached hydrogens (tertiary/aromatic N) is 4. The zero-order valence-corrected chi connectivity index (χ0v) is 14.1. The Hall–Kier alpha value is -2.86. The second-order valence-corrected chi connectivity index (χ2v) is 5.84. The Morgan fingerprint density at radius 2 is 1.75 bits per heavy atom. The summed E-state index contributed by atoms with van der Waals surface area (Å²) in [4.78, 5) is 13.9. The van der Waals surface area contributed by atoms with Gasteiger partial charge in [0.15, 0.2) is 5.84 Å². The van der Waals surface area contributed by atoms with Crippen LogP contribution in [-0.4, -0.2) is 48.0 Å². The zero-order chi connectivity index (χ0) is 17.1. The summed E-state index contributed by atoms with van der Waals surface area (Å²) in [5.74, 6) is 0.666. The number of hydrogen-bond acceptors (Lipinski definition) is 4. The Balaban J connectivity index is 1.91. The molecule has 0 unspecified atom stereocenters. The molecule has 0 saturated carbocycles. The quantitative estimate of drug-likeness (QED) is 0.944. The monoisotopic (exact) mass is 323 g/mol. The van der Waals surface area contributed by atoms with Crippen molar-refractivity contribution in [3.63, 3.8) is 0 Å². The predicted octanol–water partition coefficient (Wildman–Crippen LogP) is 2.56. The SMILES string of the molecule is CN(C)C(=O)N1C(Cc2ccccc2-c2ccccc2)=NNN1C. The van der Waals surface area contributed by atoms with Crippen molar-refractivity contribution in [2.45, 2.75) is 6.42 Å². The number of nitrogens with one attached hydrogen (secondary N) is 1. The molecule has 3 rings (SSSR count). The molecular formula is C18H21N5O. The van der Waals surface area contributed by atoms with Crippen LogP contribution in [0.2, 0.25) is 0 Å². The Bertz CT molecular complexity index is 757. The summed E-state index contributed by atoms with van der Waals surface area (Å²) in [6.07, 6.45) is 0.558. The summed E-state index contributed by atoms with van der Waals surface area (Å²) >= 11 is 0. The van der Waals surface area contributed by atoms with Crippen molar-refractivity contribution in [2.24, 2.45) is 5.10 Å². The number of hydrazine groups is 2. The van der Waals surface area contributed by atoms with E-state index in [0.717, 1.165) is 16.7 Å². The highest BCUT2D eigenvalue weighted by Gasteiger charge is 2.30. The number of hydrazone groups is 1. The highest BCUT2D eigenvalue weighted by Crippen LogP contribution is 2.25. The van der Waals surface area contributed by atoms with E-state index in [1.807, 2.05) is 30.3 Å². The largest absolute Gasteiger partial charge is 0.341 e. The lowest BCUT2D eigenvalue weighted by atomic mass is 9.97. The summed E-state index contributed by atoms with van der Waals surface area (Å²) in [5.41, 5.74) is 6.25. The third-order valence-electron chi connectivity index (χ3n) is 3.88. The van der Waals surface area contributed by atoms with Gasteiger partial charge in [0.05, 0.1) is 0 Å². The molecule has 0 spiro atoms. The van der Waals surface area contributed by atoms with E-state index < -0.39 is 0 Å². The van der Waals surface area contributed by atoms with Gasteiger partial charge in [0.25, 0.3) is 0 Å². The van der Waals surface area contributed by atoms with Crippen LogP contribution in [0.15, 0.2) is 59.7 Å². The fourth-order valence-electron chi connectivity index (χ4n) is 2.68. The normalized spacial score (nSPS) is 14.3. The number of rotatable bonds is 3. The molecular weight excluding hydrogens is 302 g/mol. The molecule has 24 heavy (non-hydrogen) atoms. The van der Waals surface area contributed by atoms with E-state index >= 15 is 0 Å². The maximum absolute atomic E-state index is 12.4. The molecule has 6 nitrogen and oxygen atoms in total. The summed E-state index contributed by atoms with van der Waals surface area (Å²) < 4.78 is 0. The third kappa shape index (κ3) is 3.09. The Labute approximate surface area is 141 Å². The minimum Gasteiger partial charge on any atom is -0.329 e. The van der Waals surface area contributed by atoms with Gasteiger partial charge in [-0.3, -0.25) is 0 Å². The minimum atomic E-state index is -0.140. The molecule has 2 amide bonds. The molecule has 0 bridgehead atoms. The fourth-order valence-corrected chi connectivity index (χ4v) is 2.68. The molecule has 0 aromatic heterocycles. The minimum absolute atomic E-state index is 0.140. The Morgan fingerprint density at radius 3 is 2.46 bits per heavy atom. The Kier molecular flexibility index (Phi) is 4.48. The molecule has 0 radical (unpaired) electrons. The van der Waals surface area contributed by atoms with Crippen LogP contribution in [0.25, 0.3) is 11.1 Å². The maximum Gasteiger partial charge on any atom is 0.341 e. The highest BCUT2D eigenvalue weighted by molar-refractivity contribution is 5.99. The lowest BCUT2D eigenvalue weighted by molar-refractivity contribution is 0.0612. The molecule has 0 atom stereocenters. The lowest BCUT2D eigenvalue weighted by Gasteiger charge is -2.27. The summed E-state index contributed by atoms with van der Waals surface area (Å²) in [6.45, 7) is 0. The first-order valence-corrected chi connectivity index (χ1v) is 7.78. The van der Waals surface area contributed by atoms with E-state index in [4.69, 9.17) is 0 Å². The second-order valence-electron chi connectivity index (χ2n) is 5.84. The van der Waals surface area contributed by atoms with Gasteiger partial charge < -0.3 is 4.90 Å². The van der Waals surface area contributed by atoms with Gasteiger partial charge in [0.1, 0.15) is 0 Å². The molecule has 2 aromatic carbocycles. The van der Waals surface area contributed by atoms with Crippen molar-refractivity contribution in [3.8, 4) is 11.1 Å².